The third-order valence-electron chi connectivity index (χ3n) is 5.13. The van der Waals surface area contributed by atoms with Crippen LogP contribution in [-0.2, 0) is 9.59 Å². The number of carbonyl (C=O) groups is 2. The Bertz CT molecular complexity index is 386. The Morgan fingerprint density at radius 2 is 1.81 bits per heavy atom. The molecule has 1 heterocycles. The van der Waals surface area contributed by atoms with Crippen LogP contribution in [0, 0.1) is 17.8 Å². The number of hydrogen-bond acceptors (Lipinski definition) is 2. The Morgan fingerprint density at radius 1 is 1.19 bits per heavy atom. The first-order valence-electron chi connectivity index (χ1n) is 8.54. The number of carbonyl (C=O) groups excluding carboxylic acids is 2. The molecule has 2 fully saturated rings. The van der Waals surface area contributed by atoms with E-state index in [1.807, 2.05) is 25.7 Å². The van der Waals surface area contributed by atoms with Crippen molar-refractivity contribution >= 4 is 11.8 Å². The van der Waals surface area contributed by atoms with Gasteiger partial charge >= 0.3 is 0 Å². The summed E-state index contributed by atoms with van der Waals surface area (Å²) in [5.41, 5.74) is 0. The Labute approximate surface area is 128 Å². The van der Waals surface area contributed by atoms with Crippen molar-refractivity contribution in [3.8, 4) is 0 Å². The first-order valence-corrected chi connectivity index (χ1v) is 8.54. The highest BCUT2D eigenvalue weighted by atomic mass is 16.2. The quantitative estimate of drug-likeness (QED) is 0.866. The largest absolute Gasteiger partial charge is 0.343 e. The molecule has 120 valence electrons. The molecule has 2 aliphatic rings. The number of amides is 2. The van der Waals surface area contributed by atoms with Gasteiger partial charge in [-0.05, 0) is 37.0 Å². The van der Waals surface area contributed by atoms with Crippen molar-refractivity contribution in [3.63, 3.8) is 0 Å². The Morgan fingerprint density at radius 3 is 2.33 bits per heavy atom. The molecular weight excluding hydrogens is 264 g/mol. The van der Waals surface area contributed by atoms with Gasteiger partial charge in [-0.25, -0.2) is 0 Å². The van der Waals surface area contributed by atoms with Gasteiger partial charge in [0.2, 0.25) is 11.8 Å². The molecule has 4 heteroatoms. The SMILES string of the molecule is CCC1NC(=O)C(C(C)C)N(CC2CCC(C)CC2)C1=O. The van der Waals surface area contributed by atoms with Gasteiger partial charge in [-0.3, -0.25) is 9.59 Å². The van der Waals surface area contributed by atoms with Gasteiger partial charge < -0.3 is 10.2 Å². The molecule has 1 aliphatic heterocycles. The molecule has 4 nitrogen and oxygen atoms in total. The van der Waals surface area contributed by atoms with Gasteiger partial charge in [-0.1, -0.05) is 40.5 Å². The second-order valence-corrected chi connectivity index (χ2v) is 7.27. The molecule has 0 radical (unpaired) electrons. The Hall–Kier alpha value is -1.06. The fourth-order valence-electron chi connectivity index (χ4n) is 3.73. The monoisotopic (exact) mass is 294 g/mol. The van der Waals surface area contributed by atoms with E-state index in [2.05, 4.69) is 12.2 Å². The maximum atomic E-state index is 12.7. The van der Waals surface area contributed by atoms with Crippen LogP contribution in [0.2, 0.25) is 0 Å². The van der Waals surface area contributed by atoms with E-state index in [4.69, 9.17) is 0 Å². The van der Waals surface area contributed by atoms with Crippen LogP contribution in [0.5, 0.6) is 0 Å². The van der Waals surface area contributed by atoms with Gasteiger partial charge in [0, 0.05) is 6.54 Å². The van der Waals surface area contributed by atoms with E-state index in [1.165, 1.54) is 25.7 Å². The summed E-state index contributed by atoms with van der Waals surface area (Å²) < 4.78 is 0. The standard InChI is InChI=1S/C17H30N2O2/c1-5-14-17(21)19(15(11(2)3)16(20)18-14)10-13-8-6-12(4)7-9-13/h11-15H,5-10H2,1-4H3,(H,18,20). The predicted molar refractivity (Wildman–Crippen MR) is 83.7 cm³/mol. The topological polar surface area (TPSA) is 49.4 Å². The van der Waals surface area contributed by atoms with Crippen LogP contribution in [0.15, 0.2) is 0 Å². The highest BCUT2D eigenvalue weighted by molar-refractivity contribution is 5.97. The minimum absolute atomic E-state index is 0.0284. The molecule has 21 heavy (non-hydrogen) atoms. The predicted octanol–water partition coefficient (Wildman–Crippen LogP) is 2.57. The van der Waals surface area contributed by atoms with Crippen LogP contribution in [0.25, 0.3) is 0 Å². The summed E-state index contributed by atoms with van der Waals surface area (Å²) in [6.45, 7) is 9.08. The molecule has 1 aliphatic carbocycles. The molecule has 1 N–H and O–H groups in total. The highest BCUT2D eigenvalue weighted by Gasteiger charge is 2.42. The Kier molecular flexibility index (Phi) is 5.28. The van der Waals surface area contributed by atoms with Gasteiger partial charge in [-0.2, -0.15) is 0 Å². The van der Waals surface area contributed by atoms with Crippen molar-refractivity contribution < 1.29 is 9.59 Å². The minimum atomic E-state index is -0.324. The molecular formula is C17H30N2O2. The molecule has 0 bridgehead atoms. The lowest BCUT2D eigenvalue weighted by Gasteiger charge is -2.43. The number of nitrogens with zero attached hydrogens (tertiary/aromatic N) is 1. The maximum Gasteiger partial charge on any atom is 0.245 e. The number of piperazine rings is 1. The van der Waals surface area contributed by atoms with Crippen molar-refractivity contribution in [2.24, 2.45) is 17.8 Å². The van der Waals surface area contributed by atoms with Crippen molar-refractivity contribution in [2.75, 3.05) is 6.54 Å². The number of nitrogens with one attached hydrogen (secondary N) is 1. The fraction of sp³-hybridized carbons (Fsp3) is 0.882. The maximum absolute atomic E-state index is 12.7. The first-order chi connectivity index (χ1) is 9.93. The summed E-state index contributed by atoms with van der Waals surface area (Å²) in [5.74, 6) is 1.69. The van der Waals surface area contributed by atoms with Gasteiger partial charge in [-0.15, -0.1) is 0 Å². The molecule has 0 aromatic carbocycles. The molecule has 0 aromatic rings. The summed E-state index contributed by atoms with van der Waals surface area (Å²) in [7, 11) is 0. The second kappa shape index (κ2) is 6.80. The zero-order chi connectivity index (χ0) is 15.6. The summed E-state index contributed by atoms with van der Waals surface area (Å²) in [4.78, 5) is 26.9. The number of hydrogen-bond donors (Lipinski definition) is 1. The zero-order valence-electron chi connectivity index (χ0n) is 13.9. The normalized spacial score (nSPS) is 34.2. The van der Waals surface area contributed by atoms with E-state index >= 15 is 0 Å². The van der Waals surface area contributed by atoms with E-state index in [1.54, 1.807) is 0 Å². The van der Waals surface area contributed by atoms with Gasteiger partial charge in [0.25, 0.3) is 0 Å². The molecule has 2 unspecified atom stereocenters. The fourth-order valence-corrected chi connectivity index (χ4v) is 3.73. The summed E-state index contributed by atoms with van der Waals surface area (Å²) in [6, 6.07) is -0.616. The lowest BCUT2D eigenvalue weighted by molar-refractivity contribution is -0.152. The molecule has 2 amide bonds. The van der Waals surface area contributed by atoms with Crippen molar-refractivity contribution in [2.45, 2.75) is 71.9 Å². The third-order valence-corrected chi connectivity index (χ3v) is 5.13. The van der Waals surface area contributed by atoms with Crippen LogP contribution in [0.1, 0.15) is 59.8 Å². The smallest absolute Gasteiger partial charge is 0.245 e. The van der Waals surface area contributed by atoms with Crippen LogP contribution in [-0.4, -0.2) is 35.3 Å². The van der Waals surface area contributed by atoms with Crippen LogP contribution in [0.4, 0.5) is 0 Å². The van der Waals surface area contributed by atoms with Crippen LogP contribution >= 0.6 is 0 Å². The molecule has 0 spiro atoms. The zero-order valence-corrected chi connectivity index (χ0v) is 13.9. The van der Waals surface area contributed by atoms with Crippen LogP contribution < -0.4 is 5.32 Å². The summed E-state index contributed by atoms with van der Waals surface area (Å²) in [6.07, 6.45) is 5.56. The van der Waals surface area contributed by atoms with E-state index in [0.717, 1.165) is 12.5 Å². The van der Waals surface area contributed by atoms with Crippen LogP contribution in [0.3, 0.4) is 0 Å². The summed E-state index contributed by atoms with van der Waals surface area (Å²) in [5, 5.41) is 2.89. The molecule has 2 rings (SSSR count). The summed E-state index contributed by atoms with van der Waals surface area (Å²) >= 11 is 0. The van der Waals surface area contributed by atoms with Crippen molar-refractivity contribution in [1.82, 2.24) is 10.2 Å². The third kappa shape index (κ3) is 3.58. The van der Waals surface area contributed by atoms with E-state index in [-0.39, 0.29) is 29.8 Å². The van der Waals surface area contributed by atoms with E-state index in [9.17, 15) is 9.59 Å². The van der Waals surface area contributed by atoms with Gasteiger partial charge in [0.1, 0.15) is 12.1 Å². The average Bonchev–Trinajstić information content (AvgIpc) is 2.44. The average molecular weight is 294 g/mol. The van der Waals surface area contributed by atoms with E-state index in [0.29, 0.717) is 12.3 Å². The van der Waals surface area contributed by atoms with Crippen molar-refractivity contribution in [3.05, 3.63) is 0 Å². The molecule has 0 aromatic heterocycles. The molecule has 1 saturated heterocycles. The number of rotatable bonds is 4. The lowest BCUT2D eigenvalue weighted by atomic mass is 9.82. The Balaban J connectivity index is 2.10. The molecule has 1 saturated carbocycles. The van der Waals surface area contributed by atoms with Gasteiger partial charge in [0.15, 0.2) is 0 Å². The highest BCUT2D eigenvalue weighted by Crippen LogP contribution is 2.30. The lowest BCUT2D eigenvalue weighted by Crippen LogP contribution is -2.65. The minimum Gasteiger partial charge on any atom is -0.343 e. The van der Waals surface area contributed by atoms with Crippen molar-refractivity contribution in [1.29, 1.82) is 0 Å². The first kappa shape index (κ1) is 16.3. The molecule has 2 atom stereocenters. The van der Waals surface area contributed by atoms with Gasteiger partial charge in [0.05, 0.1) is 0 Å². The van der Waals surface area contributed by atoms with E-state index < -0.39 is 0 Å². The second-order valence-electron chi connectivity index (χ2n) is 7.27.